The van der Waals surface area contributed by atoms with E-state index in [1.165, 1.54) is 44.9 Å². The summed E-state index contributed by atoms with van der Waals surface area (Å²) in [6.45, 7) is 7.42. The van der Waals surface area contributed by atoms with Crippen molar-refractivity contribution in [3.63, 3.8) is 0 Å². The third-order valence-electron chi connectivity index (χ3n) is 8.18. The maximum atomic E-state index is 9.97. The van der Waals surface area contributed by atoms with Gasteiger partial charge in [0.2, 0.25) is 0 Å². The number of hydrogen-bond donors (Lipinski definition) is 2. The van der Waals surface area contributed by atoms with Gasteiger partial charge in [-0.05, 0) is 99.2 Å². The molecule has 3 aliphatic carbocycles. The minimum absolute atomic E-state index is 0.0491. The highest BCUT2D eigenvalue weighted by molar-refractivity contribution is 5.02. The third-order valence-corrected chi connectivity index (χ3v) is 8.18. The Morgan fingerprint density at radius 3 is 1.52 bits per heavy atom. The van der Waals surface area contributed by atoms with Crippen LogP contribution in [-0.4, -0.2) is 22.4 Å². The van der Waals surface area contributed by atoms with Gasteiger partial charge in [0, 0.05) is 0 Å². The van der Waals surface area contributed by atoms with Crippen LogP contribution in [0.5, 0.6) is 0 Å². The van der Waals surface area contributed by atoms with E-state index in [1.807, 2.05) is 0 Å². The molecule has 0 saturated heterocycles. The van der Waals surface area contributed by atoms with Crippen molar-refractivity contribution in [1.82, 2.24) is 0 Å². The first-order valence-electron chi connectivity index (χ1n) is 10.2. The summed E-state index contributed by atoms with van der Waals surface area (Å²) in [5, 5.41) is 19.9. The molecule has 0 amide bonds. The molecule has 2 heteroatoms. The molecule has 134 valence electrons. The Kier molecular flexibility index (Phi) is 5.14. The fourth-order valence-electron chi connectivity index (χ4n) is 6.32. The second-order valence-electron chi connectivity index (χ2n) is 9.85. The first-order chi connectivity index (χ1) is 10.8. The summed E-state index contributed by atoms with van der Waals surface area (Å²) in [4.78, 5) is 0. The highest BCUT2D eigenvalue weighted by Crippen LogP contribution is 2.61. The third kappa shape index (κ3) is 3.49. The number of rotatable bonds is 2. The van der Waals surface area contributed by atoms with Crippen molar-refractivity contribution in [2.75, 3.05) is 0 Å². The number of aliphatic hydroxyl groups is 2. The van der Waals surface area contributed by atoms with Crippen molar-refractivity contribution >= 4 is 0 Å². The van der Waals surface area contributed by atoms with Gasteiger partial charge < -0.3 is 10.2 Å². The van der Waals surface area contributed by atoms with Crippen LogP contribution in [0.4, 0.5) is 0 Å². The van der Waals surface area contributed by atoms with E-state index in [1.54, 1.807) is 0 Å². The maximum Gasteiger partial charge on any atom is 0.0540 e. The van der Waals surface area contributed by atoms with Crippen molar-refractivity contribution in [2.24, 2.45) is 28.6 Å². The molecule has 2 nitrogen and oxygen atoms in total. The molecule has 0 aromatic heterocycles. The Morgan fingerprint density at radius 2 is 1.13 bits per heavy atom. The number of aliphatic hydroxyl groups excluding tert-OH is 2. The summed E-state index contributed by atoms with van der Waals surface area (Å²) in [5.41, 5.74) is 0.917. The zero-order chi connectivity index (χ0) is 16.7. The molecule has 0 aromatic carbocycles. The van der Waals surface area contributed by atoms with E-state index in [0.717, 1.165) is 43.4 Å². The van der Waals surface area contributed by atoms with E-state index in [4.69, 9.17) is 0 Å². The smallest absolute Gasteiger partial charge is 0.0540 e. The van der Waals surface area contributed by atoms with Gasteiger partial charge in [-0.3, -0.25) is 0 Å². The molecule has 1 unspecified atom stereocenters. The molecule has 3 aliphatic rings. The summed E-state index contributed by atoms with van der Waals surface area (Å²) in [7, 11) is 0. The van der Waals surface area contributed by atoms with Crippen molar-refractivity contribution in [3.05, 3.63) is 0 Å². The summed E-state index contributed by atoms with van der Waals surface area (Å²) >= 11 is 0. The van der Waals surface area contributed by atoms with Crippen LogP contribution < -0.4 is 0 Å². The van der Waals surface area contributed by atoms with Crippen LogP contribution in [-0.2, 0) is 0 Å². The van der Waals surface area contributed by atoms with Gasteiger partial charge >= 0.3 is 0 Å². The molecule has 0 aliphatic heterocycles. The molecular formula is C21H38O2. The summed E-state index contributed by atoms with van der Waals surface area (Å²) in [5.74, 6) is 2.43. The fourth-order valence-corrected chi connectivity index (χ4v) is 6.32. The monoisotopic (exact) mass is 322 g/mol. The normalized spacial score (nSPS) is 48.1. The van der Waals surface area contributed by atoms with Crippen molar-refractivity contribution in [2.45, 2.75) is 104 Å². The zero-order valence-electron chi connectivity index (χ0n) is 15.6. The Hall–Kier alpha value is -0.0800. The Bertz CT molecular complexity index is 365. The molecule has 1 atom stereocenters. The maximum absolute atomic E-state index is 9.97. The van der Waals surface area contributed by atoms with E-state index in [9.17, 15) is 10.2 Å². The molecule has 2 N–H and O–H groups in total. The summed E-state index contributed by atoms with van der Waals surface area (Å²) < 4.78 is 0. The van der Waals surface area contributed by atoms with Crippen LogP contribution in [0.15, 0.2) is 0 Å². The average molecular weight is 323 g/mol. The van der Waals surface area contributed by atoms with Crippen LogP contribution in [0.25, 0.3) is 0 Å². The van der Waals surface area contributed by atoms with E-state index < -0.39 is 0 Å². The van der Waals surface area contributed by atoms with Crippen LogP contribution >= 0.6 is 0 Å². The van der Waals surface area contributed by atoms with E-state index in [2.05, 4.69) is 20.8 Å². The second-order valence-corrected chi connectivity index (χ2v) is 9.85. The molecule has 3 rings (SSSR count). The predicted molar refractivity (Wildman–Crippen MR) is 95.2 cm³/mol. The van der Waals surface area contributed by atoms with Gasteiger partial charge in [0.15, 0.2) is 0 Å². The minimum atomic E-state index is -0.0491. The molecule has 0 aromatic rings. The Morgan fingerprint density at radius 1 is 0.696 bits per heavy atom. The fraction of sp³-hybridized carbons (Fsp3) is 1.00. The Balaban J connectivity index is 1.84. The number of hydrogen-bond acceptors (Lipinski definition) is 2. The predicted octanol–water partition coefficient (Wildman–Crippen LogP) is 4.92. The lowest BCUT2D eigenvalue weighted by atomic mass is 9.47. The van der Waals surface area contributed by atoms with E-state index in [-0.39, 0.29) is 12.2 Å². The topological polar surface area (TPSA) is 40.5 Å². The summed E-state index contributed by atoms with van der Waals surface area (Å²) in [6.07, 6.45) is 13.0. The van der Waals surface area contributed by atoms with Crippen LogP contribution in [0.3, 0.4) is 0 Å². The molecule has 0 radical (unpaired) electrons. The van der Waals surface area contributed by atoms with Gasteiger partial charge in [0.05, 0.1) is 12.2 Å². The molecule has 0 heterocycles. The highest BCUT2D eigenvalue weighted by atomic mass is 16.3. The van der Waals surface area contributed by atoms with Gasteiger partial charge in [0.25, 0.3) is 0 Å². The standard InChI is InChI=1S/C21H38O2/c1-15-12-13-21(14-20(15,2)3,16-4-8-18(22)9-5-16)17-6-10-19(23)11-7-17/h15-19,22-23H,4-14H2,1-3H3. The van der Waals surface area contributed by atoms with Gasteiger partial charge in [-0.15, -0.1) is 0 Å². The largest absolute Gasteiger partial charge is 0.393 e. The van der Waals surface area contributed by atoms with Gasteiger partial charge in [-0.25, -0.2) is 0 Å². The lowest BCUT2D eigenvalue weighted by Crippen LogP contribution is -2.49. The van der Waals surface area contributed by atoms with E-state index in [0.29, 0.717) is 10.8 Å². The van der Waals surface area contributed by atoms with Crippen LogP contribution in [0.1, 0.15) is 91.4 Å². The van der Waals surface area contributed by atoms with Crippen LogP contribution in [0, 0.1) is 28.6 Å². The quantitative estimate of drug-likeness (QED) is 0.757. The second kappa shape index (κ2) is 6.67. The average Bonchev–Trinajstić information content (AvgIpc) is 2.51. The molecule has 3 saturated carbocycles. The van der Waals surface area contributed by atoms with Crippen LogP contribution in [0.2, 0.25) is 0 Å². The SMILES string of the molecule is CC1CCC(C2CCC(O)CC2)(C2CCC(O)CC2)CC1(C)C. The molecule has 23 heavy (non-hydrogen) atoms. The molecule has 0 bridgehead atoms. The first kappa shape index (κ1) is 17.7. The lowest BCUT2D eigenvalue weighted by Gasteiger charge is -2.58. The van der Waals surface area contributed by atoms with Gasteiger partial charge in [0.1, 0.15) is 0 Å². The van der Waals surface area contributed by atoms with E-state index >= 15 is 0 Å². The first-order valence-corrected chi connectivity index (χ1v) is 10.2. The van der Waals surface area contributed by atoms with Crippen molar-refractivity contribution in [3.8, 4) is 0 Å². The highest BCUT2D eigenvalue weighted by Gasteiger charge is 2.52. The zero-order valence-corrected chi connectivity index (χ0v) is 15.6. The van der Waals surface area contributed by atoms with Gasteiger partial charge in [-0.1, -0.05) is 20.8 Å². The molecular weight excluding hydrogens is 284 g/mol. The summed E-state index contributed by atoms with van der Waals surface area (Å²) in [6, 6.07) is 0. The molecule has 0 spiro atoms. The minimum Gasteiger partial charge on any atom is -0.393 e. The van der Waals surface area contributed by atoms with Crippen molar-refractivity contribution < 1.29 is 10.2 Å². The lowest BCUT2D eigenvalue weighted by molar-refractivity contribution is -0.0897. The van der Waals surface area contributed by atoms with Gasteiger partial charge in [-0.2, -0.15) is 0 Å². The molecule has 3 fully saturated rings. The van der Waals surface area contributed by atoms with Crippen molar-refractivity contribution in [1.29, 1.82) is 0 Å². The Labute approximate surface area is 143 Å².